The van der Waals surface area contributed by atoms with Gasteiger partial charge in [0, 0.05) is 23.7 Å². The lowest BCUT2D eigenvalue weighted by Crippen LogP contribution is -2.34. The highest BCUT2D eigenvalue weighted by Crippen LogP contribution is 2.26. The zero-order chi connectivity index (χ0) is 13.0. The molecule has 1 saturated heterocycles. The topological polar surface area (TPSA) is 36.3 Å². The predicted octanol–water partition coefficient (Wildman–Crippen LogP) is 3.08. The van der Waals surface area contributed by atoms with E-state index in [2.05, 4.69) is 11.0 Å². The Kier molecular flexibility index (Phi) is 4.46. The second kappa shape index (κ2) is 6.08. The molecule has 0 aliphatic carbocycles. The first-order valence-corrected chi connectivity index (χ1v) is 6.55. The highest BCUT2D eigenvalue weighted by molar-refractivity contribution is 6.30. The first-order valence-electron chi connectivity index (χ1n) is 6.17. The van der Waals surface area contributed by atoms with Crippen molar-refractivity contribution in [1.29, 1.82) is 5.26 Å². The molecule has 0 amide bonds. The van der Waals surface area contributed by atoms with Gasteiger partial charge in [0.25, 0.3) is 0 Å². The molecule has 0 aromatic heterocycles. The number of nitriles is 1. The van der Waals surface area contributed by atoms with E-state index < -0.39 is 0 Å². The lowest BCUT2D eigenvalue weighted by atomic mass is 9.99. The van der Waals surface area contributed by atoms with Gasteiger partial charge in [-0.05, 0) is 37.6 Å². The van der Waals surface area contributed by atoms with Crippen molar-refractivity contribution in [1.82, 2.24) is 4.90 Å². The molecule has 3 nitrogen and oxygen atoms in total. The summed E-state index contributed by atoms with van der Waals surface area (Å²) in [6.45, 7) is 2.67. The van der Waals surface area contributed by atoms with Crippen LogP contribution in [0.1, 0.15) is 18.4 Å². The average molecular weight is 265 g/mol. The van der Waals surface area contributed by atoms with Crippen LogP contribution in [0.3, 0.4) is 0 Å². The summed E-state index contributed by atoms with van der Waals surface area (Å²) in [7, 11) is 1.67. The molecule has 0 saturated carbocycles. The molecule has 0 N–H and O–H groups in total. The zero-order valence-corrected chi connectivity index (χ0v) is 11.3. The van der Waals surface area contributed by atoms with E-state index in [1.807, 2.05) is 18.2 Å². The summed E-state index contributed by atoms with van der Waals surface area (Å²) in [5.74, 6) is 1.02. The van der Waals surface area contributed by atoms with Gasteiger partial charge in [-0.15, -0.1) is 0 Å². The second-order valence-corrected chi connectivity index (χ2v) is 5.10. The Bertz CT molecular complexity index is 456. The largest absolute Gasteiger partial charge is 0.496 e. The summed E-state index contributed by atoms with van der Waals surface area (Å²) in [6, 6.07) is 8.03. The summed E-state index contributed by atoms with van der Waals surface area (Å²) >= 11 is 6.02. The lowest BCUT2D eigenvalue weighted by Gasteiger charge is -2.29. The lowest BCUT2D eigenvalue weighted by molar-refractivity contribution is 0.190. The maximum Gasteiger partial charge on any atom is 0.123 e. The molecule has 4 heteroatoms. The highest BCUT2D eigenvalue weighted by atomic mass is 35.5. The Hall–Kier alpha value is -1.24. The summed E-state index contributed by atoms with van der Waals surface area (Å²) in [6.07, 6.45) is 2.10. The van der Waals surface area contributed by atoms with Crippen molar-refractivity contribution in [2.45, 2.75) is 19.4 Å². The van der Waals surface area contributed by atoms with Crippen molar-refractivity contribution in [2.24, 2.45) is 5.92 Å². The number of methoxy groups -OCH3 is 1. The van der Waals surface area contributed by atoms with E-state index >= 15 is 0 Å². The van der Waals surface area contributed by atoms with E-state index in [1.54, 1.807) is 7.11 Å². The summed E-state index contributed by atoms with van der Waals surface area (Å²) in [5.41, 5.74) is 1.09. The number of halogens is 1. The molecule has 1 aromatic rings. The van der Waals surface area contributed by atoms with Crippen LogP contribution in [-0.4, -0.2) is 25.1 Å². The zero-order valence-electron chi connectivity index (χ0n) is 10.5. The number of hydrogen-bond acceptors (Lipinski definition) is 3. The van der Waals surface area contributed by atoms with Crippen molar-refractivity contribution >= 4 is 11.6 Å². The smallest absolute Gasteiger partial charge is 0.123 e. The molecule has 1 aliphatic heterocycles. The normalized spacial score (nSPS) is 20.4. The van der Waals surface area contributed by atoms with Gasteiger partial charge in [0.15, 0.2) is 0 Å². The van der Waals surface area contributed by atoms with Crippen LogP contribution in [-0.2, 0) is 6.54 Å². The Morgan fingerprint density at radius 2 is 2.39 bits per heavy atom. The van der Waals surface area contributed by atoms with E-state index in [0.717, 1.165) is 48.8 Å². The van der Waals surface area contributed by atoms with Crippen molar-refractivity contribution in [3.05, 3.63) is 28.8 Å². The van der Waals surface area contributed by atoms with Crippen LogP contribution in [0, 0.1) is 17.2 Å². The minimum atomic E-state index is 0.156. The number of rotatable bonds is 3. The number of benzene rings is 1. The average Bonchev–Trinajstić information content (AvgIpc) is 2.39. The number of hydrogen-bond donors (Lipinski definition) is 0. The van der Waals surface area contributed by atoms with Crippen LogP contribution in [0.5, 0.6) is 5.75 Å². The van der Waals surface area contributed by atoms with Crippen LogP contribution >= 0.6 is 11.6 Å². The Morgan fingerprint density at radius 1 is 1.56 bits per heavy atom. The van der Waals surface area contributed by atoms with Crippen molar-refractivity contribution in [3.8, 4) is 11.8 Å². The fraction of sp³-hybridized carbons (Fsp3) is 0.500. The minimum absolute atomic E-state index is 0.156. The molecule has 1 aromatic carbocycles. The number of piperidine rings is 1. The third-order valence-corrected chi connectivity index (χ3v) is 3.56. The van der Waals surface area contributed by atoms with Gasteiger partial charge in [0.2, 0.25) is 0 Å². The summed E-state index contributed by atoms with van der Waals surface area (Å²) in [5, 5.41) is 9.72. The molecular formula is C14H17ClN2O. The number of nitrogens with zero attached hydrogens (tertiary/aromatic N) is 2. The van der Waals surface area contributed by atoms with Gasteiger partial charge in [-0.25, -0.2) is 0 Å². The third kappa shape index (κ3) is 3.16. The first kappa shape index (κ1) is 13.2. The molecular weight excluding hydrogens is 248 g/mol. The van der Waals surface area contributed by atoms with Crippen LogP contribution in [0.15, 0.2) is 18.2 Å². The van der Waals surface area contributed by atoms with Crippen molar-refractivity contribution in [2.75, 3.05) is 20.2 Å². The molecule has 2 rings (SSSR count). The van der Waals surface area contributed by atoms with E-state index in [4.69, 9.17) is 21.6 Å². The Morgan fingerprint density at radius 3 is 3.11 bits per heavy atom. The van der Waals surface area contributed by atoms with Gasteiger partial charge in [-0.2, -0.15) is 5.26 Å². The van der Waals surface area contributed by atoms with Gasteiger partial charge >= 0.3 is 0 Å². The number of ether oxygens (including phenoxy) is 1. The van der Waals surface area contributed by atoms with E-state index in [1.165, 1.54) is 0 Å². The molecule has 0 spiro atoms. The predicted molar refractivity (Wildman–Crippen MR) is 71.6 cm³/mol. The first-order chi connectivity index (χ1) is 8.72. The van der Waals surface area contributed by atoms with E-state index in [-0.39, 0.29) is 5.92 Å². The molecule has 1 unspecified atom stereocenters. The van der Waals surface area contributed by atoms with Gasteiger partial charge < -0.3 is 4.74 Å². The van der Waals surface area contributed by atoms with Crippen molar-refractivity contribution < 1.29 is 4.74 Å². The third-order valence-electron chi connectivity index (χ3n) is 3.32. The molecule has 0 radical (unpaired) electrons. The molecule has 1 aliphatic rings. The molecule has 1 heterocycles. The minimum Gasteiger partial charge on any atom is -0.496 e. The Labute approximate surface area is 113 Å². The van der Waals surface area contributed by atoms with Crippen LogP contribution in [0.25, 0.3) is 0 Å². The molecule has 1 fully saturated rings. The van der Waals surface area contributed by atoms with Gasteiger partial charge in [0.1, 0.15) is 5.75 Å². The van der Waals surface area contributed by atoms with E-state index in [9.17, 15) is 0 Å². The van der Waals surface area contributed by atoms with Crippen LogP contribution < -0.4 is 4.74 Å². The quantitative estimate of drug-likeness (QED) is 0.842. The van der Waals surface area contributed by atoms with Crippen molar-refractivity contribution in [3.63, 3.8) is 0 Å². The fourth-order valence-corrected chi connectivity index (χ4v) is 2.61. The Balaban J connectivity index is 2.09. The molecule has 0 bridgehead atoms. The standard InChI is InChI=1S/C14H17ClN2O/c1-18-14-5-4-13(15)7-12(14)10-17-6-2-3-11(8-16)9-17/h4-5,7,11H,2-3,6,9-10H2,1H3. The second-order valence-electron chi connectivity index (χ2n) is 4.66. The molecule has 18 heavy (non-hydrogen) atoms. The molecule has 1 atom stereocenters. The van der Waals surface area contributed by atoms with Gasteiger partial charge in [-0.3, -0.25) is 4.90 Å². The monoisotopic (exact) mass is 264 g/mol. The van der Waals surface area contributed by atoms with E-state index in [0.29, 0.717) is 0 Å². The van der Waals surface area contributed by atoms with Crippen LogP contribution in [0.2, 0.25) is 5.02 Å². The maximum absolute atomic E-state index is 9.00. The maximum atomic E-state index is 9.00. The number of likely N-dealkylation sites (tertiary alicyclic amines) is 1. The molecule has 96 valence electrons. The summed E-state index contributed by atoms with van der Waals surface area (Å²) < 4.78 is 5.34. The SMILES string of the molecule is COc1ccc(Cl)cc1CN1CCCC(C#N)C1. The fourth-order valence-electron chi connectivity index (χ4n) is 2.42. The van der Waals surface area contributed by atoms with Gasteiger partial charge in [-0.1, -0.05) is 11.6 Å². The van der Waals surface area contributed by atoms with Gasteiger partial charge in [0.05, 0.1) is 19.1 Å². The summed E-state index contributed by atoms with van der Waals surface area (Å²) in [4.78, 5) is 2.30. The van der Waals surface area contributed by atoms with Crippen LogP contribution in [0.4, 0.5) is 0 Å². The highest BCUT2D eigenvalue weighted by Gasteiger charge is 2.20.